The fourth-order valence-electron chi connectivity index (χ4n) is 2.34. The van der Waals surface area contributed by atoms with Crippen molar-refractivity contribution in [1.29, 1.82) is 0 Å². The van der Waals surface area contributed by atoms with Gasteiger partial charge in [0.15, 0.2) is 0 Å². The fraction of sp³-hybridized carbons (Fsp3) is 0.211. The Hall–Kier alpha value is -1.83. The highest BCUT2D eigenvalue weighted by molar-refractivity contribution is 9.10. The van der Waals surface area contributed by atoms with E-state index in [-0.39, 0.29) is 21.7 Å². The van der Waals surface area contributed by atoms with Gasteiger partial charge in [-0.05, 0) is 54.4 Å². The number of nitrogens with zero attached hydrogens (tertiary/aromatic N) is 1. The lowest BCUT2D eigenvalue weighted by Crippen LogP contribution is -2.11. The van der Waals surface area contributed by atoms with Crippen molar-refractivity contribution in [3.8, 4) is 11.5 Å². The van der Waals surface area contributed by atoms with E-state index >= 15 is 0 Å². The summed E-state index contributed by atoms with van der Waals surface area (Å²) in [4.78, 5) is 4.40. The highest BCUT2D eigenvalue weighted by atomic mass is 79.9. The van der Waals surface area contributed by atoms with Gasteiger partial charge in [-0.3, -0.25) is 0 Å². The number of hydrogen-bond acceptors (Lipinski definition) is 5. The molecule has 0 aliphatic heterocycles. The summed E-state index contributed by atoms with van der Waals surface area (Å²) in [6, 6.07) is 13.3. The van der Waals surface area contributed by atoms with Gasteiger partial charge >= 0.3 is 0 Å². The van der Waals surface area contributed by atoms with Gasteiger partial charge < -0.3 is 9.73 Å². The Morgan fingerprint density at radius 2 is 1.74 bits per heavy atom. The molecule has 142 valence electrons. The molecule has 8 heteroatoms. The van der Waals surface area contributed by atoms with Crippen LogP contribution < -0.4 is 5.32 Å². The van der Waals surface area contributed by atoms with Crippen LogP contribution in [0.15, 0.2) is 67.3 Å². The van der Waals surface area contributed by atoms with Crippen LogP contribution in [0.3, 0.4) is 0 Å². The molecule has 0 saturated heterocycles. The Balaban J connectivity index is 2.08. The van der Waals surface area contributed by atoms with Gasteiger partial charge in [-0.25, -0.2) is 8.42 Å². The van der Waals surface area contributed by atoms with Crippen LogP contribution in [0.1, 0.15) is 13.8 Å². The molecule has 1 heterocycles. The number of hydrogen-bond donors (Lipinski definition) is 1. The maximum absolute atomic E-state index is 13.1. The fourth-order valence-corrected chi connectivity index (χ4v) is 4.01. The second-order valence-corrected chi connectivity index (χ2v) is 9.61. The molecular weight excluding hydrogens is 452 g/mol. The maximum atomic E-state index is 13.1. The van der Waals surface area contributed by atoms with Crippen LogP contribution in [0.2, 0.25) is 5.02 Å². The van der Waals surface area contributed by atoms with Crippen molar-refractivity contribution < 1.29 is 12.8 Å². The summed E-state index contributed by atoms with van der Waals surface area (Å²) in [5.41, 5.74) is 0.684. The minimum absolute atomic E-state index is 0.107. The van der Waals surface area contributed by atoms with E-state index in [1.54, 1.807) is 12.1 Å². The van der Waals surface area contributed by atoms with Crippen molar-refractivity contribution in [1.82, 2.24) is 4.98 Å². The molecule has 1 N–H and O–H groups in total. The summed E-state index contributed by atoms with van der Waals surface area (Å²) in [7, 11) is -3.86. The number of benzene rings is 2. The highest BCUT2D eigenvalue weighted by Gasteiger charge is 2.28. The van der Waals surface area contributed by atoms with Crippen LogP contribution in [0, 0.1) is 5.92 Å². The summed E-state index contributed by atoms with van der Waals surface area (Å²) in [5, 5.41) is 3.38. The summed E-state index contributed by atoms with van der Waals surface area (Å²) in [6.45, 7) is 4.59. The van der Waals surface area contributed by atoms with E-state index in [2.05, 4.69) is 26.2 Å². The van der Waals surface area contributed by atoms with Crippen LogP contribution in [0.4, 0.5) is 5.88 Å². The minimum Gasteiger partial charge on any atom is -0.419 e. The first-order valence-electron chi connectivity index (χ1n) is 8.28. The molecule has 0 spiro atoms. The lowest BCUT2D eigenvalue weighted by Gasteiger charge is -2.08. The zero-order valence-electron chi connectivity index (χ0n) is 14.7. The number of sulfone groups is 1. The first-order valence-corrected chi connectivity index (χ1v) is 10.9. The van der Waals surface area contributed by atoms with E-state index in [1.807, 2.05) is 26.0 Å². The number of nitrogens with one attached hydrogen (secondary N) is 1. The van der Waals surface area contributed by atoms with E-state index < -0.39 is 9.84 Å². The van der Waals surface area contributed by atoms with E-state index in [1.165, 1.54) is 24.3 Å². The van der Waals surface area contributed by atoms with Crippen LogP contribution >= 0.6 is 27.5 Å². The van der Waals surface area contributed by atoms with E-state index in [9.17, 15) is 8.42 Å². The highest BCUT2D eigenvalue weighted by Crippen LogP contribution is 2.33. The van der Waals surface area contributed by atoms with Gasteiger partial charge in [0, 0.05) is 21.6 Å². The normalized spacial score (nSPS) is 11.7. The smallest absolute Gasteiger partial charge is 0.233 e. The van der Waals surface area contributed by atoms with Crippen LogP contribution in [0.25, 0.3) is 11.5 Å². The minimum atomic E-state index is -3.86. The number of halogens is 2. The third-order valence-electron chi connectivity index (χ3n) is 3.74. The number of oxazole rings is 1. The average molecular weight is 470 g/mol. The molecule has 0 aliphatic rings. The Bertz CT molecular complexity index is 1030. The molecule has 0 bridgehead atoms. The molecule has 3 aromatic rings. The zero-order valence-corrected chi connectivity index (χ0v) is 17.9. The van der Waals surface area contributed by atoms with Crippen molar-refractivity contribution in [2.75, 3.05) is 11.9 Å². The first kappa shape index (κ1) is 19.9. The maximum Gasteiger partial charge on any atom is 0.233 e. The molecule has 3 rings (SSSR count). The average Bonchev–Trinajstić information content (AvgIpc) is 3.06. The molecule has 0 unspecified atom stereocenters. The lowest BCUT2D eigenvalue weighted by atomic mass is 10.2. The zero-order chi connectivity index (χ0) is 19.6. The van der Waals surface area contributed by atoms with Crippen LogP contribution in [0.5, 0.6) is 0 Å². The molecule has 0 amide bonds. The second kappa shape index (κ2) is 8.04. The quantitative estimate of drug-likeness (QED) is 0.504. The summed E-state index contributed by atoms with van der Waals surface area (Å²) >= 11 is 9.25. The molecule has 0 saturated carbocycles. The lowest BCUT2D eigenvalue weighted by molar-refractivity contribution is 0.567. The van der Waals surface area contributed by atoms with Crippen molar-refractivity contribution in [3.05, 3.63) is 58.0 Å². The van der Waals surface area contributed by atoms with Crippen molar-refractivity contribution >= 4 is 43.3 Å². The molecule has 2 aromatic carbocycles. The predicted molar refractivity (Wildman–Crippen MR) is 110 cm³/mol. The van der Waals surface area contributed by atoms with E-state index in [0.29, 0.717) is 23.0 Å². The van der Waals surface area contributed by atoms with Crippen molar-refractivity contribution in [2.45, 2.75) is 23.8 Å². The second-order valence-electron chi connectivity index (χ2n) is 6.39. The number of rotatable bonds is 6. The van der Waals surface area contributed by atoms with Gasteiger partial charge in [0.05, 0.1) is 4.90 Å². The monoisotopic (exact) mass is 468 g/mol. The summed E-state index contributed by atoms with van der Waals surface area (Å²) in [5.74, 6) is 0.676. The standard InChI is InChI=1S/C19H18BrClN2O3S/c1-12(2)11-22-18-19(27(24,25)16-9-7-15(21)8-10-16)23-17(26-18)13-3-5-14(20)6-4-13/h3-10,12,22H,11H2,1-2H3. The third-order valence-corrected chi connectivity index (χ3v) is 6.20. The predicted octanol–water partition coefficient (Wildman–Crippen LogP) is 5.66. The number of aromatic nitrogens is 1. The van der Waals surface area contributed by atoms with E-state index in [4.69, 9.17) is 16.0 Å². The Morgan fingerprint density at radius 3 is 2.33 bits per heavy atom. The molecule has 0 radical (unpaired) electrons. The molecule has 5 nitrogen and oxygen atoms in total. The van der Waals surface area contributed by atoms with Gasteiger partial charge in [0.25, 0.3) is 0 Å². The molecule has 27 heavy (non-hydrogen) atoms. The summed E-state index contributed by atoms with van der Waals surface area (Å²) < 4.78 is 32.9. The molecule has 0 atom stereocenters. The first-order chi connectivity index (χ1) is 12.8. The van der Waals surface area contributed by atoms with Gasteiger partial charge in [-0.1, -0.05) is 41.4 Å². The SMILES string of the molecule is CC(C)CNc1oc(-c2ccc(Br)cc2)nc1S(=O)(=O)c1ccc(Cl)cc1. The van der Waals surface area contributed by atoms with Gasteiger partial charge in [0.1, 0.15) is 0 Å². The summed E-state index contributed by atoms with van der Waals surface area (Å²) in [6.07, 6.45) is 0. The van der Waals surface area contributed by atoms with Gasteiger partial charge in [0.2, 0.25) is 26.6 Å². The topological polar surface area (TPSA) is 72.2 Å². The van der Waals surface area contributed by atoms with Crippen LogP contribution in [-0.2, 0) is 9.84 Å². The van der Waals surface area contributed by atoms with Gasteiger partial charge in [-0.15, -0.1) is 0 Å². The van der Waals surface area contributed by atoms with E-state index in [0.717, 1.165) is 4.47 Å². The molecule has 0 aliphatic carbocycles. The van der Waals surface area contributed by atoms with Crippen LogP contribution in [-0.4, -0.2) is 19.9 Å². The molecule has 0 fully saturated rings. The Kier molecular flexibility index (Phi) is 5.93. The number of anilines is 1. The Morgan fingerprint density at radius 1 is 1.11 bits per heavy atom. The Labute approximate surface area is 171 Å². The third kappa shape index (κ3) is 4.54. The van der Waals surface area contributed by atoms with Crippen molar-refractivity contribution in [2.24, 2.45) is 5.92 Å². The van der Waals surface area contributed by atoms with Crippen molar-refractivity contribution in [3.63, 3.8) is 0 Å². The molecular formula is C19H18BrClN2O3S. The van der Waals surface area contributed by atoms with Gasteiger partial charge in [-0.2, -0.15) is 4.98 Å². The largest absolute Gasteiger partial charge is 0.419 e. The molecule has 1 aromatic heterocycles.